The van der Waals surface area contributed by atoms with E-state index in [0.29, 0.717) is 12.3 Å². The van der Waals surface area contributed by atoms with Crippen LogP contribution in [0.15, 0.2) is 81.3 Å². The number of hydrogen-bond acceptors (Lipinski definition) is 4. The number of nitrogens with zero attached hydrogens (tertiary/aromatic N) is 2. The number of aromatic nitrogens is 2. The second kappa shape index (κ2) is 9.36. The molecule has 2 aromatic carbocycles. The van der Waals surface area contributed by atoms with Crippen LogP contribution in [0.1, 0.15) is 54.6 Å². The second-order valence-electron chi connectivity index (χ2n) is 9.68. The maximum atomic E-state index is 14.4. The summed E-state index contributed by atoms with van der Waals surface area (Å²) in [5.41, 5.74) is 5.31. The highest BCUT2D eigenvalue weighted by molar-refractivity contribution is 7.98. The summed E-state index contributed by atoms with van der Waals surface area (Å²) in [4.78, 5) is 19.6. The maximum absolute atomic E-state index is 14.4. The molecule has 1 saturated carbocycles. The highest BCUT2D eigenvalue weighted by atomic mass is 35.5. The fraction of sp³-hybridized carbons (Fsp3) is 0.310. The third-order valence-electron chi connectivity index (χ3n) is 7.45. The Hall–Kier alpha value is -2.76. The van der Waals surface area contributed by atoms with E-state index in [4.69, 9.17) is 21.0 Å². The van der Waals surface area contributed by atoms with Crippen molar-refractivity contribution in [1.82, 2.24) is 9.55 Å². The van der Waals surface area contributed by atoms with Crippen LogP contribution in [0.25, 0.3) is 11.3 Å². The molecule has 0 saturated heterocycles. The first-order chi connectivity index (χ1) is 17.1. The zero-order valence-electron chi connectivity index (χ0n) is 19.5. The van der Waals surface area contributed by atoms with Crippen LogP contribution >= 0.6 is 23.4 Å². The Morgan fingerprint density at radius 1 is 1.00 bits per heavy atom. The molecule has 0 amide bonds. The molecule has 1 fully saturated rings. The van der Waals surface area contributed by atoms with Crippen molar-refractivity contribution in [3.63, 3.8) is 0 Å². The highest BCUT2D eigenvalue weighted by Crippen LogP contribution is 2.48. The van der Waals surface area contributed by atoms with Gasteiger partial charge in [-0.15, -0.1) is 0 Å². The smallest absolute Gasteiger partial charge is 0.258 e. The summed E-state index contributed by atoms with van der Waals surface area (Å²) in [6.07, 6.45) is 8.23. The van der Waals surface area contributed by atoms with E-state index in [2.05, 4.69) is 24.3 Å². The molecule has 4 nitrogen and oxygen atoms in total. The molecule has 2 aliphatic rings. The Morgan fingerprint density at radius 2 is 1.80 bits per heavy atom. The average Bonchev–Trinajstić information content (AvgIpc) is 3.39. The molecule has 0 radical (unpaired) electrons. The number of halogens is 1. The second-order valence-corrected chi connectivity index (χ2v) is 11.1. The molecule has 0 bridgehead atoms. The van der Waals surface area contributed by atoms with Crippen LogP contribution in [0.4, 0.5) is 0 Å². The molecule has 0 atom stereocenters. The van der Waals surface area contributed by atoms with Gasteiger partial charge in [0.05, 0.1) is 24.1 Å². The topological polar surface area (TPSA) is 48.0 Å². The monoisotopic (exact) mass is 502 g/mol. The van der Waals surface area contributed by atoms with Gasteiger partial charge in [-0.1, -0.05) is 79.0 Å². The van der Waals surface area contributed by atoms with Crippen molar-refractivity contribution in [3.8, 4) is 11.3 Å². The molecule has 35 heavy (non-hydrogen) atoms. The first kappa shape index (κ1) is 22.7. The fourth-order valence-electron chi connectivity index (χ4n) is 5.76. The largest absolute Gasteiger partial charge is 0.467 e. The van der Waals surface area contributed by atoms with Gasteiger partial charge in [-0.2, -0.15) is 0 Å². The van der Waals surface area contributed by atoms with Crippen molar-refractivity contribution < 1.29 is 4.42 Å². The van der Waals surface area contributed by atoms with Crippen LogP contribution in [0, 0.1) is 0 Å². The zero-order chi connectivity index (χ0) is 23.8. The molecule has 6 heteroatoms. The van der Waals surface area contributed by atoms with Gasteiger partial charge >= 0.3 is 0 Å². The Kier molecular flexibility index (Phi) is 6.07. The average molecular weight is 503 g/mol. The van der Waals surface area contributed by atoms with Gasteiger partial charge < -0.3 is 4.42 Å². The fourth-order valence-corrected chi connectivity index (χ4v) is 6.83. The third-order valence-corrected chi connectivity index (χ3v) is 8.75. The molecule has 2 aliphatic carbocycles. The van der Waals surface area contributed by atoms with Gasteiger partial charge in [0.15, 0.2) is 5.16 Å². The van der Waals surface area contributed by atoms with E-state index in [1.54, 1.807) is 18.0 Å². The van der Waals surface area contributed by atoms with Crippen LogP contribution < -0.4 is 5.56 Å². The Bertz CT molecular complexity index is 1400. The lowest BCUT2D eigenvalue weighted by molar-refractivity contribution is 0.282. The van der Waals surface area contributed by atoms with E-state index in [0.717, 1.165) is 70.4 Å². The quantitative estimate of drug-likeness (QED) is 0.213. The number of fused-ring (bicyclic) bond motifs is 4. The van der Waals surface area contributed by atoms with Crippen LogP contribution in [-0.4, -0.2) is 9.55 Å². The predicted molar refractivity (Wildman–Crippen MR) is 141 cm³/mol. The molecule has 6 rings (SSSR count). The summed E-state index contributed by atoms with van der Waals surface area (Å²) < 4.78 is 7.49. The van der Waals surface area contributed by atoms with Crippen molar-refractivity contribution in [2.45, 2.75) is 61.4 Å². The van der Waals surface area contributed by atoms with Crippen molar-refractivity contribution >= 4 is 23.4 Å². The van der Waals surface area contributed by atoms with E-state index in [1.165, 1.54) is 12.0 Å². The normalized spacial score (nSPS) is 16.1. The molecular weight excluding hydrogens is 476 g/mol. The summed E-state index contributed by atoms with van der Waals surface area (Å²) in [5.74, 6) is 1.46. The van der Waals surface area contributed by atoms with E-state index in [-0.39, 0.29) is 11.0 Å². The molecule has 0 aliphatic heterocycles. The molecular formula is C29H27ClN2O2S. The predicted octanol–water partition coefficient (Wildman–Crippen LogP) is 7.26. The Morgan fingerprint density at radius 3 is 2.57 bits per heavy atom. The molecule has 2 aromatic heterocycles. The lowest BCUT2D eigenvalue weighted by Gasteiger charge is -2.42. The van der Waals surface area contributed by atoms with Crippen LogP contribution in [-0.2, 0) is 24.1 Å². The maximum Gasteiger partial charge on any atom is 0.258 e. The molecule has 1 spiro atoms. The van der Waals surface area contributed by atoms with Gasteiger partial charge in [0.2, 0.25) is 0 Å². The van der Waals surface area contributed by atoms with E-state index >= 15 is 0 Å². The molecule has 0 unspecified atom stereocenters. The number of benzene rings is 2. The number of furan rings is 1. The molecule has 0 N–H and O–H groups in total. The lowest BCUT2D eigenvalue weighted by atomic mass is 9.62. The van der Waals surface area contributed by atoms with Crippen molar-refractivity contribution in [1.29, 1.82) is 0 Å². The van der Waals surface area contributed by atoms with Gasteiger partial charge in [-0.25, -0.2) is 4.98 Å². The summed E-state index contributed by atoms with van der Waals surface area (Å²) in [6, 6.07) is 20.1. The van der Waals surface area contributed by atoms with Gasteiger partial charge in [0.1, 0.15) is 5.76 Å². The number of hydrogen-bond donors (Lipinski definition) is 0. The van der Waals surface area contributed by atoms with Crippen molar-refractivity contribution in [2.75, 3.05) is 0 Å². The minimum atomic E-state index is -0.129. The van der Waals surface area contributed by atoms with Crippen LogP contribution in [0.2, 0.25) is 5.02 Å². The third kappa shape index (κ3) is 4.25. The highest BCUT2D eigenvalue weighted by Gasteiger charge is 2.43. The molecule has 178 valence electrons. The SMILES string of the molecule is O=c1c2c(nc(SCc3ccc(Cl)cc3)n1Cc1ccco1)-c1ccccc1CC21CCCCC1. The Labute approximate surface area is 214 Å². The summed E-state index contributed by atoms with van der Waals surface area (Å²) in [5, 5.41) is 1.44. The summed E-state index contributed by atoms with van der Waals surface area (Å²) in [6.45, 7) is 0.382. The first-order valence-corrected chi connectivity index (χ1v) is 13.6. The molecule has 4 aromatic rings. The standard InChI is InChI=1S/C29H27ClN2O2S/c30-22-12-10-20(11-13-22)19-35-28-31-26-24-9-3-2-7-21(24)17-29(14-4-1-5-15-29)25(26)27(33)32(28)18-23-8-6-16-34-23/h2-3,6-13,16H,1,4-5,14-15,17-19H2. The van der Waals surface area contributed by atoms with Crippen molar-refractivity contribution in [3.05, 3.63) is 105 Å². The van der Waals surface area contributed by atoms with Gasteiger partial charge in [-0.3, -0.25) is 9.36 Å². The minimum Gasteiger partial charge on any atom is -0.467 e. The molecule has 2 heterocycles. The van der Waals surface area contributed by atoms with Gasteiger partial charge in [0.25, 0.3) is 5.56 Å². The van der Waals surface area contributed by atoms with E-state index in [1.807, 2.05) is 41.0 Å². The van der Waals surface area contributed by atoms with E-state index in [9.17, 15) is 4.79 Å². The summed E-state index contributed by atoms with van der Waals surface area (Å²) in [7, 11) is 0. The zero-order valence-corrected chi connectivity index (χ0v) is 21.1. The summed E-state index contributed by atoms with van der Waals surface area (Å²) >= 11 is 7.67. The van der Waals surface area contributed by atoms with Crippen LogP contribution in [0.5, 0.6) is 0 Å². The van der Waals surface area contributed by atoms with E-state index < -0.39 is 0 Å². The number of rotatable bonds is 5. The van der Waals surface area contributed by atoms with Crippen molar-refractivity contribution in [2.24, 2.45) is 0 Å². The Balaban J connectivity index is 1.51. The lowest BCUT2D eigenvalue weighted by Crippen LogP contribution is -2.43. The van der Waals surface area contributed by atoms with Gasteiger partial charge in [-0.05, 0) is 54.7 Å². The van der Waals surface area contributed by atoms with Gasteiger partial charge in [0, 0.05) is 21.8 Å². The number of thioether (sulfide) groups is 1. The first-order valence-electron chi connectivity index (χ1n) is 12.3. The van der Waals surface area contributed by atoms with Crippen LogP contribution in [0.3, 0.4) is 0 Å². The minimum absolute atomic E-state index is 0.0846.